The highest BCUT2D eigenvalue weighted by Gasteiger charge is 2.38. The topological polar surface area (TPSA) is 49.3 Å². The lowest BCUT2D eigenvalue weighted by atomic mass is 9.97. The molecule has 58 valence electrons. The van der Waals surface area contributed by atoms with E-state index in [4.69, 9.17) is 0 Å². The van der Waals surface area contributed by atoms with E-state index in [-0.39, 0.29) is 12.1 Å². The normalized spacial score (nSPS) is 47.5. The molecule has 1 fully saturated rings. The van der Waals surface area contributed by atoms with E-state index >= 15 is 0 Å². The van der Waals surface area contributed by atoms with Crippen molar-refractivity contribution >= 4 is 6.29 Å². The molecule has 0 spiro atoms. The van der Waals surface area contributed by atoms with Gasteiger partial charge in [-0.05, 0) is 20.3 Å². The maximum absolute atomic E-state index is 10.3. The Morgan fingerprint density at radius 3 is 2.60 bits per heavy atom. The molecule has 1 aliphatic rings. The molecule has 0 aliphatic carbocycles. The van der Waals surface area contributed by atoms with Gasteiger partial charge in [-0.25, -0.2) is 0 Å². The highest BCUT2D eigenvalue weighted by molar-refractivity contribution is 5.58. The van der Waals surface area contributed by atoms with E-state index in [9.17, 15) is 9.90 Å². The molecular formula is C7H13NO2. The molecule has 0 aromatic carbocycles. The molecule has 1 saturated heterocycles. The maximum Gasteiger partial charge on any atom is 0.137 e. The van der Waals surface area contributed by atoms with Crippen LogP contribution in [0.2, 0.25) is 0 Å². The van der Waals surface area contributed by atoms with E-state index in [0.29, 0.717) is 6.42 Å². The van der Waals surface area contributed by atoms with E-state index in [1.54, 1.807) is 6.92 Å². The van der Waals surface area contributed by atoms with Gasteiger partial charge in [0.1, 0.15) is 6.29 Å². The van der Waals surface area contributed by atoms with Gasteiger partial charge in [0.25, 0.3) is 0 Å². The van der Waals surface area contributed by atoms with Gasteiger partial charge in [-0.15, -0.1) is 0 Å². The molecule has 3 heteroatoms. The highest BCUT2D eigenvalue weighted by atomic mass is 16.3. The van der Waals surface area contributed by atoms with Crippen molar-refractivity contribution < 1.29 is 9.90 Å². The van der Waals surface area contributed by atoms with E-state index in [0.717, 1.165) is 6.29 Å². The van der Waals surface area contributed by atoms with Crippen LogP contribution in [0.1, 0.15) is 20.3 Å². The fourth-order valence-corrected chi connectivity index (χ4v) is 1.27. The van der Waals surface area contributed by atoms with E-state index in [1.165, 1.54) is 0 Å². The lowest BCUT2D eigenvalue weighted by molar-refractivity contribution is -0.109. The van der Waals surface area contributed by atoms with Gasteiger partial charge < -0.3 is 15.2 Å². The zero-order chi connectivity index (χ0) is 7.78. The predicted octanol–water partition coefficient (Wildman–Crippen LogP) is -0.313. The lowest BCUT2D eigenvalue weighted by Crippen LogP contribution is -2.37. The van der Waals surface area contributed by atoms with Crippen molar-refractivity contribution in [3.8, 4) is 0 Å². The molecule has 1 heterocycles. The van der Waals surface area contributed by atoms with Crippen LogP contribution in [0.15, 0.2) is 0 Å². The zero-order valence-electron chi connectivity index (χ0n) is 6.29. The average Bonchev–Trinajstić information content (AvgIpc) is 2.08. The summed E-state index contributed by atoms with van der Waals surface area (Å²) >= 11 is 0. The quantitative estimate of drug-likeness (QED) is 0.495. The second-order valence-electron chi connectivity index (χ2n) is 3.19. The van der Waals surface area contributed by atoms with Gasteiger partial charge in [-0.1, -0.05) is 0 Å². The number of hydrogen-bond donors (Lipinski definition) is 2. The third kappa shape index (κ3) is 1.20. The number of aliphatic hydroxyl groups is 1. The van der Waals surface area contributed by atoms with Crippen molar-refractivity contribution in [3.05, 3.63) is 0 Å². The Balaban J connectivity index is 2.61. The number of aldehydes is 1. The number of rotatable bonds is 1. The molecule has 1 aliphatic heterocycles. The molecule has 3 unspecified atom stereocenters. The van der Waals surface area contributed by atoms with Gasteiger partial charge in [-0.2, -0.15) is 0 Å². The predicted molar refractivity (Wildman–Crippen MR) is 37.7 cm³/mol. The van der Waals surface area contributed by atoms with Crippen LogP contribution in [0, 0.1) is 0 Å². The fourth-order valence-electron chi connectivity index (χ4n) is 1.27. The summed E-state index contributed by atoms with van der Waals surface area (Å²) < 4.78 is 0. The van der Waals surface area contributed by atoms with Crippen LogP contribution in [-0.4, -0.2) is 29.1 Å². The van der Waals surface area contributed by atoms with Gasteiger partial charge in [0, 0.05) is 6.04 Å². The second kappa shape index (κ2) is 2.32. The minimum atomic E-state index is -0.717. The summed E-state index contributed by atoms with van der Waals surface area (Å²) in [7, 11) is 0. The van der Waals surface area contributed by atoms with E-state index < -0.39 is 5.60 Å². The van der Waals surface area contributed by atoms with Crippen molar-refractivity contribution in [2.75, 3.05) is 0 Å². The van der Waals surface area contributed by atoms with Gasteiger partial charge in [0.05, 0.1) is 11.6 Å². The molecule has 3 atom stereocenters. The Hall–Kier alpha value is -0.410. The zero-order valence-corrected chi connectivity index (χ0v) is 6.29. The molecular weight excluding hydrogens is 130 g/mol. The Morgan fingerprint density at radius 2 is 2.40 bits per heavy atom. The number of carbonyl (C=O) groups is 1. The minimum Gasteiger partial charge on any atom is -0.388 e. The van der Waals surface area contributed by atoms with Crippen LogP contribution in [0.5, 0.6) is 0 Å². The van der Waals surface area contributed by atoms with Crippen LogP contribution < -0.4 is 5.32 Å². The van der Waals surface area contributed by atoms with Crippen LogP contribution in [-0.2, 0) is 4.79 Å². The van der Waals surface area contributed by atoms with Crippen molar-refractivity contribution in [2.45, 2.75) is 38.0 Å². The smallest absolute Gasteiger partial charge is 0.137 e. The molecule has 10 heavy (non-hydrogen) atoms. The Morgan fingerprint density at radius 1 is 1.80 bits per heavy atom. The summed E-state index contributed by atoms with van der Waals surface area (Å²) in [5, 5.41) is 12.5. The fraction of sp³-hybridized carbons (Fsp3) is 0.857. The first-order chi connectivity index (χ1) is 4.56. The van der Waals surface area contributed by atoms with Crippen molar-refractivity contribution in [3.63, 3.8) is 0 Å². The molecule has 1 rings (SSSR count). The van der Waals surface area contributed by atoms with Crippen LogP contribution in [0.3, 0.4) is 0 Å². The summed E-state index contributed by atoms with van der Waals surface area (Å²) in [5.41, 5.74) is -0.717. The van der Waals surface area contributed by atoms with Gasteiger partial charge in [0.2, 0.25) is 0 Å². The molecule has 0 radical (unpaired) electrons. The van der Waals surface area contributed by atoms with Gasteiger partial charge >= 0.3 is 0 Å². The number of carbonyl (C=O) groups excluding carboxylic acids is 1. The maximum atomic E-state index is 10.3. The summed E-state index contributed by atoms with van der Waals surface area (Å²) in [5.74, 6) is 0. The molecule has 0 amide bonds. The van der Waals surface area contributed by atoms with Crippen LogP contribution in [0.25, 0.3) is 0 Å². The first-order valence-corrected chi connectivity index (χ1v) is 3.50. The van der Waals surface area contributed by atoms with Gasteiger partial charge in [-0.3, -0.25) is 0 Å². The molecule has 0 aromatic heterocycles. The largest absolute Gasteiger partial charge is 0.388 e. The summed E-state index contributed by atoms with van der Waals surface area (Å²) in [6.45, 7) is 3.62. The Bertz CT molecular complexity index is 145. The highest BCUT2D eigenvalue weighted by Crippen LogP contribution is 2.23. The van der Waals surface area contributed by atoms with Crippen molar-refractivity contribution in [1.29, 1.82) is 0 Å². The second-order valence-corrected chi connectivity index (χ2v) is 3.19. The molecule has 0 bridgehead atoms. The van der Waals surface area contributed by atoms with Crippen LogP contribution in [0.4, 0.5) is 0 Å². The van der Waals surface area contributed by atoms with E-state index in [1.807, 2.05) is 6.92 Å². The summed E-state index contributed by atoms with van der Waals surface area (Å²) in [6, 6.07) is -0.146. The van der Waals surface area contributed by atoms with Gasteiger partial charge in [0.15, 0.2) is 0 Å². The third-order valence-corrected chi connectivity index (χ3v) is 2.19. The summed E-state index contributed by atoms with van der Waals surface area (Å²) in [6.07, 6.45) is 1.37. The number of nitrogens with one attached hydrogen (secondary N) is 1. The van der Waals surface area contributed by atoms with E-state index in [2.05, 4.69) is 5.32 Å². The monoisotopic (exact) mass is 143 g/mol. The van der Waals surface area contributed by atoms with Crippen molar-refractivity contribution in [1.82, 2.24) is 5.32 Å². The lowest BCUT2D eigenvalue weighted by Gasteiger charge is -2.20. The third-order valence-electron chi connectivity index (χ3n) is 2.19. The SMILES string of the molecule is CC1NC(C=O)CC1(C)O. The molecule has 2 N–H and O–H groups in total. The molecule has 0 aromatic rings. The van der Waals surface area contributed by atoms with Crippen molar-refractivity contribution in [2.24, 2.45) is 0 Å². The Kier molecular flexibility index (Phi) is 1.79. The average molecular weight is 143 g/mol. The first kappa shape index (κ1) is 7.69. The minimum absolute atomic E-state index is 0.0164. The first-order valence-electron chi connectivity index (χ1n) is 3.50. The molecule has 0 saturated carbocycles. The standard InChI is InChI=1S/C7H13NO2/c1-5-7(2,10)3-6(4-9)8-5/h4-6,8,10H,3H2,1-2H3. The molecule has 3 nitrogen and oxygen atoms in total. The van der Waals surface area contributed by atoms with Crippen LogP contribution >= 0.6 is 0 Å². The summed E-state index contributed by atoms with van der Waals surface area (Å²) in [4.78, 5) is 10.3. The Labute approximate surface area is 60.4 Å². The number of hydrogen-bond acceptors (Lipinski definition) is 3.